The van der Waals surface area contributed by atoms with E-state index in [1.54, 1.807) is 13.3 Å². The van der Waals surface area contributed by atoms with Crippen molar-refractivity contribution < 1.29 is 4.74 Å². The zero-order chi connectivity index (χ0) is 15.3. The van der Waals surface area contributed by atoms with Crippen molar-refractivity contribution in [1.29, 1.82) is 0 Å². The molecule has 6 heteroatoms. The van der Waals surface area contributed by atoms with E-state index in [-0.39, 0.29) is 11.6 Å². The summed E-state index contributed by atoms with van der Waals surface area (Å²) in [4.78, 5) is 2.42. The lowest BCUT2D eigenvalue weighted by atomic mass is 9.85. The fourth-order valence-corrected chi connectivity index (χ4v) is 3.02. The minimum Gasteiger partial charge on any atom is -0.493 e. The van der Waals surface area contributed by atoms with Crippen LogP contribution < -0.4 is 16.0 Å². The maximum Gasteiger partial charge on any atom is 0.161 e. The lowest BCUT2D eigenvalue weighted by Gasteiger charge is -2.45. The predicted molar refractivity (Wildman–Crippen MR) is 81.4 cm³/mol. The monoisotopic (exact) mass is 283 g/mol. The maximum atomic E-state index is 5.89. The summed E-state index contributed by atoms with van der Waals surface area (Å²) in [5.74, 6) is 6.66. The molecule has 20 heavy (non-hydrogen) atoms. The third kappa shape index (κ3) is 2.82. The molecule has 1 aromatic heterocycles. The number of nitrogens with two attached hydrogens (primary N) is 1. The van der Waals surface area contributed by atoms with E-state index in [9.17, 15) is 0 Å². The number of aryl methyl sites for hydroxylation is 1. The second-order valence-corrected chi connectivity index (χ2v) is 5.20. The predicted octanol–water partition coefficient (Wildman–Crippen LogP) is 1.44. The maximum absolute atomic E-state index is 5.89. The van der Waals surface area contributed by atoms with Crippen molar-refractivity contribution in [3.63, 3.8) is 0 Å². The Balaban J connectivity index is 3.31. The smallest absolute Gasteiger partial charge is 0.161 e. The average molecular weight is 283 g/mol. The Morgan fingerprint density at radius 2 is 2.05 bits per heavy atom. The lowest BCUT2D eigenvalue weighted by Crippen LogP contribution is -2.56. The average Bonchev–Trinajstić information content (AvgIpc) is 2.82. The summed E-state index contributed by atoms with van der Waals surface area (Å²) >= 11 is 0. The van der Waals surface area contributed by atoms with Crippen LogP contribution in [-0.2, 0) is 7.05 Å². The van der Waals surface area contributed by atoms with Gasteiger partial charge in [0.1, 0.15) is 5.69 Å². The van der Waals surface area contributed by atoms with Gasteiger partial charge in [0, 0.05) is 12.6 Å². The highest BCUT2D eigenvalue weighted by atomic mass is 16.5. The molecule has 0 aromatic carbocycles. The molecule has 0 amide bonds. The Kier molecular flexibility index (Phi) is 5.98. The van der Waals surface area contributed by atoms with E-state index in [0.717, 1.165) is 31.0 Å². The zero-order valence-corrected chi connectivity index (χ0v) is 13.6. The molecule has 0 spiro atoms. The van der Waals surface area contributed by atoms with E-state index in [4.69, 9.17) is 10.6 Å². The highest BCUT2D eigenvalue weighted by Crippen LogP contribution is 2.37. The van der Waals surface area contributed by atoms with Crippen LogP contribution in [-0.4, -0.2) is 40.4 Å². The highest BCUT2D eigenvalue weighted by Gasteiger charge is 2.40. The Labute approximate surface area is 122 Å². The Hall–Kier alpha value is -1.11. The lowest BCUT2D eigenvalue weighted by molar-refractivity contribution is 0.0657. The van der Waals surface area contributed by atoms with Crippen LogP contribution in [0.25, 0.3) is 0 Å². The van der Waals surface area contributed by atoms with Gasteiger partial charge in [0.25, 0.3) is 0 Å². The Morgan fingerprint density at radius 3 is 2.45 bits per heavy atom. The van der Waals surface area contributed by atoms with E-state index in [2.05, 4.69) is 43.1 Å². The SMILES string of the molecule is CCN(CC)C(C)(CC)C(NN)c1c(OC)cnn1C. The van der Waals surface area contributed by atoms with Crippen molar-refractivity contribution >= 4 is 0 Å². The fourth-order valence-electron chi connectivity index (χ4n) is 3.02. The van der Waals surface area contributed by atoms with Gasteiger partial charge in [-0.25, -0.2) is 5.43 Å². The molecule has 116 valence electrons. The van der Waals surface area contributed by atoms with Gasteiger partial charge in [-0.05, 0) is 26.4 Å². The van der Waals surface area contributed by atoms with Gasteiger partial charge in [-0.1, -0.05) is 20.8 Å². The van der Waals surface area contributed by atoms with E-state index in [0.29, 0.717) is 0 Å². The molecule has 0 saturated heterocycles. The first-order valence-corrected chi connectivity index (χ1v) is 7.27. The van der Waals surface area contributed by atoms with Crippen molar-refractivity contribution in [1.82, 2.24) is 20.1 Å². The Morgan fingerprint density at radius 1 is 1.45 bits per heavy atom. The molecule has 0 aliphatic rings. The van der Waals surface area contributed by atoms with Gasteiger partial charge >= 0.3 is 0 Å². The van der Waals surface area contributed by atoms with E-state index < -0.39 is 0 Å². The highest BCUT2D eigenvalue weighted by molar-refractivity contribution is 5.30. The molecule has 3 N–H and O–H groups in total. The van der Waals surface area contributed by atoms with Crippen molar-refractivity contribution in [2.45, 2.75) is 45.7 Å². The third-order valence-corrected chi connectivity index (χ3v) is 4.43. The van der Waals surface area contributed by atoms with Gasteiger partial charge in [0.2, 0.25) is 0 Å². The van der Waals surface area contributed by atoms with Crippen molar-refractivity contribution in [2.24, 2.45) is 12.9 Å². The summed E-state index contributed by atoms with van der Waals surface area (Å²) in [6.45, 7) is 10.7. The van der Waals surface area contributed by atoms with Gasteiger partial charge in [0.15, 0.2) is 5.75 Å². The number of rotatable bonds is 8. The quantitative estimate of drug-likeness (QED) is 0.558. The van der Waals surface area contributed by atoms with Crippen LogP contribution in [0.1, 0.15) is 45.9 Å². The molecule has 0 bridgehead atoms. The summed E-state index contributed by atoms with van der Waals surface area (Å²) in [5.41, 5.74) is 3.84. The standard InChI is InChI=1S/C14H29N5O/c1-7-14(4,19(8-2)9-3)13(17-15)12-11(20-6)10-16-18(12)5/h10,13,17H,7-9,15H2,1-6H3. The third-order valence-electron chi connectivity index (χ3n) is 4.43. The van der Waals surface area contributed by atoms with Crippen molar-refractivity contribution in [3.05, 3.63) is 11.9 Å². The minimum absolute atomic E-state index is 0.0603. The molecule has 2 unspecified atom stereocenters. The first-order valence-electron chi connectivity index (χ1n) is 7.27. The molecule has 0 aliphatic heterocycles. The molecule has 2 atom stereocenters. The van der Waals surface area contributed by atoms with Crippen LogP contribution in [0, 0.1) is 0 Å². The summed E-state index contributed by atoms with van der Waals surface area (Å²) in [7, 11) is 3.58. The first kappa shape index (κ1) is 16.9. The van der Waals surface area contributed by atoms with Gasteiger partial charge in [-0.15, -0.1) is 0 Å². The van der Waals surface area contributed by atoms with E-state index in [1.807, 2.05) is 11.7 Å². The number of ether oxygens (including phenoxy) is 1. The molecule has 1 rings (SSSR count). The normalized spacial score (nSPS) is 16.2. The van der Waals surface area contributed by atoms with Crippen LogP contribution in [0.2, 0.25) is 0 Å². The molecule has 1 aromatic rings. The molecule has 0 radical (unpaired) electrons. The number of aromatic nitrogens is 2. The van der Waals surface area contributed by atoms with E-state index >= 15 is 0 Å². The summed E-state index contributed by atoms with van der Waals surface area (Å²) in [6, 6.07) is -0.0603. The van der Waals surface area contributed by atoms with Crippen LogP contribution in [0.5, 0.6) is 5.75 Å². The molecule has 0 aliphatic carbocycles. The van der Waals surface area contributed by atoms with Crippen molar-refractivity contribution in [2.75, 3.05) is 20.2 Å². The molecule has 0 saturated carbocycles. The second kappa shape index (κ2) is 7.06. The largest absolute Gasteiger partial charge is 0.493 e. The van der Waals surface area contributed by atoms with E-state index in [1.165, 1.54) is 0 Å². The Bertz CT molecular complexity index is 416. The molecular formula is C14H29N5O. The topological polar surface area (TPSA) is 68.3 Å². The number of likely N-dealkylation sites (N-methyl/N-ethyl adjacent to an activating group) is 1. The fraction of sp³-hybridized carbons (Fsp3) is 0.786. The number of nitrogens with zero attached hydrogens (tertiary/aromatic N) is 3. The van der Waals surface area contributed by atoms with Crippen LogP contribution in [0.15, 0.2) is 6.20 Å². The van der Waals surface area contributed by atoms with Crippen molar-refractivity contribution in [3.8, 4) is 5.75 Å². The molecular weight excluding hydrogens is 254 g/mol. The summed E-state index contributed by atoms with van der Waals surface area (Å²) in [5, 5.41) is 4.29. The summed E-state index contributed by atoms with van der Waals surface area (Å²) < 4.78 is 7.27. The van der Waals surface area contributed by atoms with Crippen LogP contribution in [0.4, 0.5) is 0 Å². The van der Waals surface area contributed by atoms with Gasteiger partial charge in [-0.3, -0.25) is 15.4 Å². The number of hydrogen-bond acceptors (Lipinski definition) is 5. The number of nitrogens with one attached hydrogen (secondary N) is 1. The van der Waals surface area contributed by atoms with Gasteiger partial charge in [-0.2, -0.15) is 5.10 Å². The minimum atomic E-state index is -0.112. The van der Waals surface area contributed by atoms with Gasteiger partial charge in [0.05, 0.1) is 19.3 Å². The number of hydrazine groups is 1. The van der Waals surface area contributed by atoms with Crippen LogP contribution in [0.3, 0.4) is 0 Å². The summed E-state index contributed by atoms with van der Waals surface area (Å²) in [6.07, 6.45) is 2.70. The van der Waals surface area contributed by atoms with Crippen LogP contribution >= 0.6 is 0 Å². The number of methoxy groups -OCH3 is 1. The molecule has 6 nitrogen and oxygen atoms in total. The molecule has 0 fully saturated rings. The number of hydrogen-bond donors (Lipinski definition) is 2. The zero-order valence-electron chi connectivity index (χ0n) is 13.6. The first-order chi connectivity index (χ1) is 9.49. The second-order valence-electron chi connectivity index (χ2n) is 5.20. The molecule has 1 heterocycles. The van der Waals surface area contributed by atoms with Gasteiger partial charge < -0.3 is 4.74 Å².